The van der Waals surface area contributed by atoms with Crippen LogP contribution in [0.3, 0.4) is 0 Å². The highest BCUT2D eigenvalue weighted by Gasteiger charge is 2.22. The first-order valence-electron chi connectivity index (χ1n) is 5.40. The molecule has 0 spiro atoms. The number of carbonyl (C=O) groups excluding carboxylic acids is 1. The Bertz CT molecular complexity index is 797. The van der Waals surface area contributed by atoms with Crippen LogP contribution in [-0.4, -0.2) is 24.6 Å². The van der Waals surface area contributed by atoms with E-state index in [4.69, 9.17) is 0 Å². The van der Waals surface area contributed by atoms with Crippen molar-refractivity contribution >= 4 is 17.1 Å². The number of imidazole rings is 1. The Morgan fingerprint density at radius 3 is 2.53 bits per heavy atom. The maximum atomic E-state index is 12.1. The molecule has 0 aliphatic heterocycles. The number of aromatic nitrogens is 4. The summed E-state index contributed by atoms with van der Waals surface area (Å²) in [6, 6.07) is -0.951. The third kappa shape index (κ3) is 1.70. The Labute approximate surface area is 106 Å². The van der Waals surface area contributed by atoms with Gasteiger partial charge in [0.25, 0.3) is 5.56 Å². The summed E-state index contributed by atoms with van der Waals surface area (Å²) < 4.78 is 3.34. The van der Waals surface area contributed by atoms with E-state index in [2.05, 4.69) is 10.2 Å². The van der Waals surface area contributed by atoms with Gasteiger partial charge in [-0.25, -0.2) is 9.78 Å². The van der Waals surface area contributed by atoms with E-state index in [1.807, 2.05) is 0 Å². The number of nitroso groups, excluding NO2 is 1. The van der Waals surface area contributed by atoms with E-state index < -0.39 is 23.2 Å². The summed E-state index contributed by atoms with van der Waals surface area (Å²) in [7, 11) is 2.79. The van der Waals surface area contributed by atoms with Crippen molar-refractivity contribution in [2.45, 2.75) is 13.0 Å². The molecule has 19 heavy (non-hydrogen) atoms. The van der Waals surface area contributed by atoms with Gasteiger partial charge in [-0.3, -0.25) is 18.7 Å². The smallest absolute Gasteiger partial charge is 0.312 e. The van der Waals surface area contributed by atoms with Crippen LogP contribution in [0.25, 0.3) is 11.2 Å². The van der Waals surface area contributed by atoms with Crippen LogP contribution in [-0.2, 0) is 18.9 Å². The number of amides is 1. The minimum Gasteiger partial charge on any atom is -0.312 e. The van der Waals surface area contributed by atoms with Gasteiger partial charge in [-0.05, 0) is 6.92 Å². The second-order valence-corrected chi connectivity index (χ2v) is 4.14. The number of aryl methyl sites for hydroxylation is 1. The molecular weight excluding hydrogens is 254 g/mol. The number of nitrogens with zero attached hydrogens (tertiary/aromatic N) is 5. The Balaban J connectivity index is 2.88. The molecule has 0 fully saturated rings. The van der Waals surface area contributed by atoms with E-state index in [1.165, 1.54) is 36.5 Å². The zero-order valence-corrected chi connectivity index (χ0v) is 10.5. The van der Waals surface area contributed by atoms with Crippen molar-refractivity contribution in [1.82, 2.24) is 18.7 Å². The van der Waals surface area contributed by atoms with Gasteiger partial charge in [-0.1, -0.05) is 0 Å². The molecule has 0 N–H and O–H groups in total. The number of fused-ring (bicyclic) bond motifs is 1. The summed E-state index contributed by atoms with van der Waals surface area (Å²) in [5, 5.41) is 2.33. The van der Waals surface area contributed by atoms with Crippen molar-refractivity contribution in [3.63, 3.8) is 0 Å². The minimum atomic E-state index is -0.951. The van der Waals surface area contributed by atoms with Crippen LogP contribution in [0.2, 0.25) is 0 Å². The molecule has 1 amide bonds. The molecule has 100 valence electrons. The van der Waals surface area contributed by atoms with Crippen molar-refractivity contribution in [3.8, 4) is 0 Å². The number of carbonyl (C=O) groups is 1. The van der Waals surface area contributed by atoms with Gasteiger partial charge in [0.05, 0.1) is 6.33 Å². The maximum Gasteiger partial charge on any atom is 0.332 e. The van der Waals surface area contributed by atoms with Gasteiger partial charge < -0.3 is 4.57 Å². The fourth-order valence-electron chi connectivity index (χ4n) is 1.85. The maximum absolute atomic E-state index is 12.1. The molecule has 0 aliphatic carbocycles. The van der Waals surface area contributed by atoms with Crippen LogP contribution in [0, 0.1) is 4.91 Å². The lowest BCUT2D eigenvalue weighted by Gasteiger charge is -2.09. The molecular formula is C10H11N5O4. The fourth-order valence-corrected chi connectivity index (χ4v) is 1.85. The topological polar surface area (TPSA) is 108 Å². The van der Waals surface area contributed by atoms with E-state index >= 15 is 0 Å². The Hall–Kier alpha value is -2.58. The highest BCUT2D eigenvalue weighted by molar-refractivity contribution is 5.83. The summed E-state index contributed by atoms with van der Waals surface area (Å²) in [6.45, 7) is 1.43. The Morgan fingerprint density at radius 1 is 1.32 bits per heavy atom. The second-order valence-electron chi connectivity index (χ2n) is 4.14. The van der Waals surface area contributed by atoms with Crippen molar-refractivity contribution in [2.24, 2.45) is 19.3 Å². The SMILES string of the molecule is CC(C(=O)N=O)n1cnc2c1c(=O)n(C)c(=O)n2C. The van der Waals surface area contributed by atoms with Crippen LogP contribution in [0.15, 0.2) is 21.1 Å². The third-order valence-electron chi connectivity index (χ3n) is 3.04. The van der Waals surface area contributed by atoms with Crippen LogP contribution in [0.5, 0.6) is 0 Å². The van der Waals surface area contributed by atoms with Crippen LogP contribution in [0.1, 0.15) is 13.0 Å². The normalized spacial score (nSPS) is 12.6. The molecule has 1 atom stereocenters. The average Bonchev–Trinajstić information content (AvgIpc) is 2.85. The highest BCUT2D eigenvalue weighted by Crippen LogP contribution is 2.14. The fraction of sp³-hybridized carbons (Fsp3) is 0.400. The summed E-state index contributed by atoms with van der Waals surface area (Å²) in [6.07, 6.45) is 1.24. The third-order valence-corrected chi connectivity index (χ3v) is 3.04. The first kappa shape index (κ1) is 12.9. The predicted molar refractivity (Wildman–Crippen MR) is 65.7 cm³/mol. The van der Waals surface area contributed by atoms with Gasteiger partial charge in [0, 0.05) is 19.3 Å². The van der Waals surface area contributed by atoms with Gasteiger partial charge in [-0.2, -0.15) is 0 Å². The van der Waals surface area contributed by atoms with Crippen molar-refractivity contribution in [3.05, 3.63) is 32.1 Å². The lowest BCUT2D eigenvalue weighted by molar-refractivity contribution is -0.120. The molecule has 2 aromatic rings. The average molecular weight is 265 g/mol. The molecule has 0 radical (unpaired) electrons. The molecule has 0 saturated heterocycles. The molecule has 2 rings (SSSR count). The van der Waals surface area contributed by atoms with E-state index in [-0.39, 0.29) is 11.2 Å². The van der Waals surface area contributed by atoms with Gasteiger partial charge >= 0.3 is 11.6 Å². The highest BCUT2D eigenvalue weighted by atomic mass is 16.3. The largest absolute Gasteiger partial charge is 0.332 e. The van der Waals surface area contributed by atoms with Crippen molar-refractivity contribution in [2.75, 3.05) is 0 Å². The summed E-state index contributed by atoms with van der Waals surface area (Å²) in [5.41, 5.74) is -0.871. The summed E-state index contributed by atoms with van der Waals surface area (Å²) in [4.78, 5) is 49.3. The van der Waals surface area contributed by atoms with Crippen LogP contribution in [0.4, 0.5) is 0 Å². The summed E-state index contributed by atoms with van der Waals surface area (Å²) >= 11 is 0. The van der Waals surface area contributed by atoms with Crippen LogP contribution < -0.4 is 11.2 Å². The van der Waals surface area contributed by atoms with E-state index in [0.717, 1.165) is 4.57 Å². The number of rotatable bonds is 2. The minimum absolute atomic E-state index is 0.0779. The molecule has 9 heteroatoms. The van der Waals surface area contributed by atoms with E-state index in [1.54, 1.807) is 0 Å². The van der Waals surface area contributed by atoms with Crippen LogP contribution >= 0.6 is 0 Å². The van der Waals surface area contributed by atoms with E-state index in [0.29, 0.717) is 0 Å². The van der Waals surface area contributed by atoms with Gasteiger partial charge in [0.15, 0.2) is 11.2 Å². The second kappa shape index (κ2) is 4.26. The molecule has 0 bridgehead atoms. The first-order valence-corrected chi connectivity index (χ1v) is 5.40. The molecule has 0 saturated carbocycles. The number of hydrogen-bond donors (Lipinski definition) is 0. The molecule has 0 aromatic carbocycles. The van der Waals surface area contributed by atoms with Gasteiger partial charge in [-0.15, -0.1) is 4.91 Å². The quantitative estimate of drug-likeness (QED) is 0.666. The van der Waals surface area contributed by atoms with Gasteiger partial charge in [0.1, 0.15) is 6.04 Å². The molecule has 9 nitrogen and oxygen atoms in total. The predicted octanol–water partition coefficient (Wildman–Crippen LogP) is -0.712. The standard InChI is InChI=1S/C10H11N5O4/c1-5(8(16)12-19)15-4-11-7-6(15)9(17)14(3)10(18)13(7)2/h4-5H,1-3H3. The summed E-state index contributed by atoms with van der Waals surface area (Å²) in [5.74, 6) is -0.921. The Kier molecular flexibility index (Phi) is 2.89. The Morgan fingerprint density at radius 2 is 1.95 bits per heavy atom. The molecule has 2 heterocycles. The first-order chi connectivity index (χ1) is 8.90. The van der Waals surface area contributed by atoms with Gasteiger partial charge in [0.2, 0.25) is 0 Å². The van der Waals surface area contributed by atoms with Crippen molar-refractivity contribution < 1.29 is 4.79 Å². The van der Waals surface area contributed by atoms with E-state index in [9.17, 15) is 19.3 Å². The zero-order chi connectivity index (χ0) is 14.3. The monoisotopic (exact) mass is 265 g/mol. The molecule has 2 aromatic heterocycles. The lowest BCUT2D eigenvalue weighted by atomic mass is 10.3. The molecule has 1 unspecified atom stereocenters. The number of hydrogen-bond acceptors (Lipinski definition) is 5. The lowest BCUT2D eigenvalue weighted by Crippen LogP contribution is -2.38. The van der Waals surface area contributed by atoms with Crippen molar-refractivity contribution in [1.29, 1.82) is 0 Å². The zero-order valence-electron chi connectivity index (χ0n) is 10.5. The molecule has 0 aliphatic rings.